The number of nitrogens with zero attached hydrogens (tertiary/aromatic N) is 3. The minimum Gasteiger partial charge on any atom is -0.465 e. The van der Waals surface area contributed by atoms with Crippen molar-refractivity contribution in [2.24, 2.45) is 5.92 Å². The molecule has 1 saturated heterocycles. The van der Waals surface area contributed by atoms with Gasteiger partial charge in [-0.3, -0.25) is 4.79 Å². The van der Waals surface area contributed by atoms with Crippen molar-refractivity contribution in [3.63, 3.8) is 0 Å². The Bertz CT molecular complexity index is 719. The van der Waals surface area contributed by atoms with Gasteiger partial charge in [-0.1, -0.05) is 0 Å². The smallest absolute Gasteiger partial charge is 0.350 e. The van der Waals surface area contributed by atoms with Crippen molar-refractivity contribution in [1.82, 2.24) is 9.97 Å². The molecule has 1 unspecified atom stereocenters. The Labute approximate surface area is 143 Å². The molecule has 1 atom stereocenters. The number of carbonyl (C=O) groups excluding carboxylic acids is 2. The van der Waals surface area contributed by atoms with Crippen LogP contribution >= 0.6 is 11.3 Å². The fraction of sp³-hybridized carbons (Fsp3) is 0.375. The van der Waals surface area contributed by atoms with Gasteiger partial charge in [-0.25, -0.2) is 14.8 Å². The molecule has 0 spiro atoms. The van der Waals surface area contributed by atoms with Crippen LogP contribution in [-0.2, 0) is 9.53 Å². The van der Waals surface area contributed by atoms with Gasteiger partial charge >= 0.3 is 5.97 Å². The first-order chi connectivity index (χ1) is 11.7. The summed E-state index contributed by atoms with van der Waals surface area (Å²) in [7, 11) is 1.33. The Morgan fingerprint density at radius 2 is 2.17 bits per heavy atom. The molecule has 3 heterocycles. The van der Waals surface area contributed by atoms with Crippen molar-refractivity contribution in [3.8, 4) is 0 Å². The molecule has 2 aromatic heterocycles. The zero-order chi connectivity index (χ0) is 16.9. The van der Waals surface area contributed by atoms with E-state index in [1.165, 1.54) is 18.4 Å². The number of methoxy groups -OCH3 is 1. The number of amides is 1. The number of hydrogen-bond donors (Lipinski definition) is 1. The van der Waals surface area contributed by atoms with E-state index in [0.29, 0.717) is 23.1 Å². The average molecular weight is 346 g/mol. The lowest BCUT2D eigenvalue weighted by molar-refractivity contribution is -0.120. The molecule has 0 aromatic carbocycles. The number of aromatic nitrogens is 2. The first kappa shape index (κ1) is 16.4. The van der Waals surface area contributed by atoms with E-state index in [-0.39, 0.29) is 11.8 Å². The molecule has 0 bridgehead atoms. The molecule has 8 heteroatoms. The molecule has 0 radical (unpaired) electrons. The SMILES string of the molecule is COC(=O)c1sccc1NC(=O)C1CCCN(c2ncccn2)C1. The predicted octanol–water partition coefficient (Wildman–Crippen LogP) is 2.18. The van der Waals surface area contributed by atoms with E-state index in [2.05, 4.69) is 15.3 Å². The number of nitrogens with one attached hydrogen (secondary N) is 1. The molecule has 1 aliphatic heterocycles. The Kier molecular flexibility index (Phi) is 5.05. The van der Waals surface area contributed by atoms with Crippen LogP contribution in [0.4, 0.5) is 11.6 Å². The Morgan fingerprint density at radius 3 is 2.92 bits per heavy atom. The zero-order valence-electron chi connectivity index (χ0n) is 13.3. The number of piperidine rings is 1. The summed E-state index contributed by atoms with van der Waals surface area (Å²) in [5.74, 6) is -0.0730. The highest BCUT2D eigenvalue weighted by Crippen LogP contribution is 2.26. The highest BCUT2D eigenvalue weighted by atomic mass is 32.1. The number of hydrogen-bond acceptors (Lipinski definition) is 7. The third-order valence-electron chi connectivity index (χ3n) is 3.92. The fourth-order valence-corrected chi connectivity index (χ4v) is 3.49. The van der Waals surface area contributed by atoms with Gasteiger partial charge in [-0.05, 0) is 30.4 Å². The van der Waals surface area contributed by atoms with Crippen LogP contribution in [0.15, 0.2) is 29.9 Å². The normalized spacial score (nSPS) is 17.4. The van der Waals surface area contributed by atoms with Gasteiger partial charge in [0.05, 0.1) is 18.7 Å². The molecule has 126 valence electrons. The molecular weight excluding hydrogens is 328 g/mol. The number of ether oxygens (including phenoxy) is 1. The van der Waals surface area contributed by atoms with Crippen molar-refractivity contribution in [3.05, 3.63) is 34.8 Å². The highest BCUT2D eigenvalue weighted by molar-refractivity contribution is 7.12. The van der Waals surface area contributed by atoms with Crippen LogP contribution in [0.2, 0.25) is 0 Å². The number of esters is 1. The maximum Gasteiger partial charge on any atom is 0.350 e. The highest BCUT2D eigenvalue weighted by Gasteiger charge is 2.28. The lowest BCUT2D eigenvalue weighted by atomic mass is 9.97. The van der Waals surface area contributed by atoms with Gasteiger partial charge in [0.25, 0.3) is 0 Å². The Balaban J connectivity index is 1.67. The third-order valence-corrected chi connectivity index (χ3v) is 4.82. The summed E-state index contributed by atoms with van der Waals surface area (Å²) in [5, 5.41) is 4.61. The first-order valence-electron chi connectivity index (χ1n) is 7.67. The summed E-state index contributed by atoms with van der Waals surface area (Å²) < 4.78 is 4.73. The Morgan fingerprint density at radius 1 is 1.38 bits per heavy atom. The quantitative estimate of drug-likeness (QED) is 0.854. The minimum atomic E-state index is -0.441. The monoisotopic (exact) mass is 346 g/mol. The maximum atomic E-state index is 12.6. The van der Waals surface area contributed by atoms with Crippen LogP contribution in [0.1, 0.15) is 22.5 Å². The van der Waals surface area contributed by atoms with Crippen molar-refractivity contribution < 1.29 is 14.3 Å². The van der Waals surface area contributed by atoms with E-state index in [9.17, 15) is 9.59 Å². The van der Waals surface area contributed by atoms with Crippen molar-refractivity contribution in [2.75, 3.05) is 30.4 Å². The van der Waals surface area contributed by atoms with Gasteiger partial charge in [-0.2, -0.15) is 0 Å². The second-order valence-electron chi connectivity index (χ2n) is 5.48. The molecule has 0 aliphatic carbocycles. The van der Waals surface area contributed by atoms with Crippen LogP contribution in [0.5, 0.6) is 0 Å². The van der Waals surface area contributed by atoms with Gasteiger partial charge in [0.15, 0.2) is 0 Å². The topological polar surface area (TPSA) is 84.4 Å². The summed E-state index contributed by atoms with van der Waals surface area (Å²) in [6, 6.07) is 3.48. The number of rotatable bonds is 4. The van der Waals surface area contributed by atoms with Crippen LogP contribution < -0.4 is 10.2 Å². The predicted molar refractivity (Wildman–Crippen MR) is 91.3 cm³/mol. The average Bonchev–Trinajstić information content (AvgIpc) is 3.10. The Hall–Kier alpha value is -2.48. The van der Waals surface area contributed by atoms with E-state index >= 15 is 0 Å². The second kappa shape index (κ2) is 7.39. The molecule has 1 N–H and O–H groups in total. The van der Waals surface area contributed by atoms with Gasteiger partial charge in [0.1, 0.15) is 4.88 Å². The van der Waals surface area contributed by atoms with Gasteiger partial charge in [-0.15, -0.1) is 11.3 Å². The number of anilines is 2. The molecule has 1 fully saturated rings. The van der Waals surface area contributed by atoms with Crippen LogP contribution in [0, 0.1) is 5.92 Å². The molecular formula is C16H18N4O3S. The van der Waals surface area contributed by atoms with Crippen LogP contribution in [-0.4, -0.2) is 42.0 Å². The molecule has 1 amide bonds. The molecule has 2 aromatic rings. The zero-order valence-corrected chi connectivity index (χ0v) is 14.1. The summed E-state index contributed by atoms with van der Waals surface area (Å²) in [5.41, 5.74) is 0.505. The molecule has 3 rings (SSSR count). The molecule has 24 heavy (non-hydrogen) atoms. The lowest BCUT2D eigenvalue weighted by Gasteiger charge is -2.31. The van der Waals surface area contributed by atoms with Gasteiger partial charge < -0.3 is 15.0 Å². The standard InChI is InChI=1S/C16H18N4O3S/c1-23-15(22)13-12(5-9-24-13)19-14(21)11-4-2-8-20(10-11)16-17-6-3-7-18-16/h3,5-7,9,11H,2,4,8,10H2,1H3,(H,19,21). The van der Waals surface area contributed by atoms with E-state index in [0.717, 1.165) is 19.4 Å². The fourth-order valence-electron chi connectivity index (χ4n) is 2.72. The number of thiophene rings is 1. The largest absolute Gasteiger partial charge is 0.465 e. The van der Waals surface area contributed by atoms with E-state index in [4.69, 9.17) is 4.74 Å². The van der Waals surface area contributed by atoms with E-state index in [1.807, 2.05) is 4.90 Å². The minimum absolute atomic E-state index is 0.0980. The second-order valence-corrected chi connectivity index (χ2v) is 6.39. The van der Waals surface area contributed by atoms with E-state index < -0.39 is 5.97 Å². The summed E-state index contributed by atoms with van der Waals surface area (Å²) in [4.78, 5) is 35.2. The van der Waals surface area contributed by atoms with Gasteiger partial charge in [0, 0.05) is 25.5 Å². The van der Waals surface area contributed by atoms with E-state index in [1.54, 1.807) is 29.9 Å². The summed E-state index contributed by atoms with van der Waals surface area (Å²) in [6.45, 7) is 1.40. The van der Waals surface area contributed by atoms with Crippen LogP contribution in [0.3, 0.4) is 0 Å². The maximum absolute atomic E-state index is 12.6. The third kappa shape index (κ3) is 3.53. The first-order valence-corrected chi connectivity index (χ1v) is 8.55. The summed E-state index contributed by atoms with van der Waals surface area (Å²) in [6.07, 6.45) is 5.08. The van der Waals surface area contributed by atoms with Crippen molar-refractivity contribution in [2.45, 2.75) is 12.8 Å². The van der Waals surface area contributed by atoms with Crippen LogP contribution in [0.25, 0.3) is 0 Å². The number of carbonyl (C=O) groups is 2. The van der Waals surface area contributed by atoms with Gasteiger partial charge in [0.2, 0.25) is 11.9 Å². The molecule has 7 nitrogen and oxygen atoms in total. The molecule has 1 aliphatic rings. The summed E-state index contributed by atoms with van der Waals surface area (Å²) >= 11 is 1.25. The molecule has 0 saturated carbocycles. The van der Waals surface area contributed by atoms with Crippen molar-refractivity contribution >= 4 is 34.8 Å². The lowest BCUT2D eigenvalue weighted by Crippen LogP contribution is -2.41. The van der Waals surface area contributed by atoms with Crippen molar-refractivity contribution in [1.29, 1.82) is 0 Å².